The highest BCUT2D eigenvalue weighted by atomic mass is 16.5. The summed E-state index contributed by atoms with van der Waals surface area (Å²) in [6, 6.07) is 7.85. The van der Waals surface area contributed by atoms with E-state index in [0.717, 1.165) is 30.8 Å². The Morgan fingerprint density at radius 1 is 1.38 bits per heavy atom. The van der Waals surface area contributed by atoms with Crippen molar-refractivity contribution in [3.8, 4) is 5.75 Å². The van der Waals surface area contributed by atoms with Gasteiger partial charge in [0.05, 0.1) is 26.2 Å². The highest BCUT2D eigenvalue weighted by Gasteiger charge is 2.37. The third kappa shape index (κ3) is 3.95. The van der Waals surface area contributed by atoms with Gasteiger partial charge in [-0.25, -0.2) is 0 Å². The SMILES string of the molecule is CCCN(Cc1ccc(OC)cc1)C1COCC1C(=O)O. The number of ether oxygens (including phenoxy) is 2. The van der Waals surface area contributed by atoms with Crippen LogP contribution in [0.3, 0.4) is 0 Å². The van der Waals surface area contributed by atoms with Crippen molar-refractivity contribution in [2.45, 2.75) is 25.9 Å². The average molecular weight is 293 g/mol. The molecule has 1 fully saturated rings. The fraction of sp³-hybridized carbons (Fsp3) is 0.562. The Bertz CT molecular complexity index is 460. The van der Waals surface area contributed by atoms with Crippen molar-refractivity contribution < 1.29 is 19.4 Å². The van der Waals surface area contributed by atoms with Crippen LogP contribution in [-0.2, 0) is 16.1 Å². The maximum Gasteiger partial charge on any atom is 0.310 e. The van der Waals surface area contributed by atoms with Crippen molar-refractivity contribution in [3.05, 3.63) is 29.8 Å². The summed E-state index contributed by atoms with van der Waals surface area (Å²) in [6.45, 7) is 4.50. The first-order valence-corrected chi connectivity index (χ1v) is 7.33. The van der Waals surface area contributed by atoms with Crippen LogP contribution in [0.1, 0.15) is 18.9 Å². The van der Waals surface area contributed by atoms with E-state index in [1.807, 2.05) is 24.3 Å². The second-order valence-electron chi connectivity index (χ2n) is 5.37. The number of aliphatic carboxylic acids is 1. The molecule has 1 saturated heterocycles. The number of carboxylic acids is 1. The van der Waals surface area contributed by atoms with Gasteiger partial charge in [0.25, 0.3) is 0 Å². The van der Waals surface area contributed by atoms with Gasteiger partial charge in [0.15, 0.2) is 0 Å². The number of rotatable bonds is 7. The van der Waals surface area contributed by atoms with Gasteiger partial charge in [0.1, 0.15) is 5.75 Å². The summed E-state index contributed by atoms with van der Waals surface area (Å²) in [5, 5.41) is 9.31. The largest absolute Gasteiger partial charge is 0.497 e. The number of carboxylic acid groups (broad SMARTS) is 1. The summed E-state index contributed by atoms with van der Waals surface area (Å²) < 4.78 is 10.5. The minimum absolute atomic E-state index is 0.0513. The second kappa shape index (κ2) is 7.43. The topological polar surface area (TPSA) is 59.0 Å². The molecule has 0 amide bonds. The minimum Gasteiger partial charge on any atom is -0.497 e. The van der Waals surface area contributed by atoms with Crippen LogP contribution < -0.4 is 4.74 Å². The number of hydrogen-bond acceptors (Lipinski definition) is 4. The molecule has 0 radical (unpaired) electrons. The van der Waals surface area contributed by atoms with Gasteiger partial charge in [-0.3, -0.25) is 9.69 Å². The maximum atomic E-state index is 11.3. The summed E-state index contributed by atoms with van der Waals surface area (Å²) in [7, 11) is 1.64. The van der Waals surface area contributed by atoms with Gasteiger partial charge in [0, 0.05) is 12.6 Å². The quantitative estimate of drug-likeness (QED) is 0.833. The van der Waals surface area contributed by atoms with E-state index < -0.39 is 11.9 Å². The Balaban J connectivity index is 2.08. The molecular formula is C16H23NO4. The Labute approximate surface area is 125 Å². The fourth-order valence-electron chi connectivity index (χ4n) is 2.75. The lowest BCUT2D eigenvalue weighted by molar-refractivity contribution is -0.143. The normalized spacial score (nSPS) is 21.7. The van der Waals surface area contributed by atoms with E-state index >= 15 is 0 Å². The summed E-state index contributed by atoms with van der Waals surface area (Å²) in [4.78, 5) is 13.5. The number of carbonyl (C=O) groups is 1. The van der Waals surface area contributed by atoms with Gasteiger partial charge in [-0.15, -0.1) is 0 Å². The zero-order chi connectivity index (χ0) is 15.2. The van der Waals surface area contributed by atoms with Crippen LogP contribution in [0.5, 0.6) is 5.75 Å². The van der Waals surface area contributed by atoms with Gasteiger partial charge >= 0.3 is 5.97 Å². The van der Waals surface area contributed by atoms with Crippen molar-refractivity contribution in [1.82, 2.24) is 4.90 Å². The highest BCUT2D eigenvalue weighted by molar-refractivity contribution is 5.71. The molecule has 1 aliphatic rings. The van der Waals surface area contributed by atoms with E-state index in [1.165, 1.54) is 0 Å². The molecule has 5 nitrogen and oxygen atoms in total. The van der Waals surface area contributed by atoms with E-state index in [2.05, 4.69) is 11.8 Å². The minimum atomic E-state index is -0.770. The first-order chi connectivity index (χ1) is 10.2. The Morgan fingerprint density at radius 2 is 2.10 bits per heavy atom. The lowest BCUT2D eigenvalue weighted by Gasteiger charge is -2.30. The summed E-state index contributed by atoms with van der Waals surface area (Å²) in [5.74, 6) is -0.378. The number of methoxy groups -OCH3 is 1. The van der Waals surface area contributed by atoms with E-state index in [0.29, 0.717) is 13.2 Å². The molecular weight excluding hydrogens is 270 g/mol. The summed E-state index contributed by atoms with van der Waals surface area (Å²) in [5.41, 5.74) is 1.15. The molecule has 0 spiro atoms. The zero-order valence-corrected chi connectivity index (χ0v) is 12.6. The predicted octanol–water partition coefficient (Wildman–Crippen LogP) is 2.01. The van der Waals surface area contributed by atoms with E-state index in [9.17, 15) is 9.90 Å². The molecule has 21 heavy (non-hydrogen) atoms. The van der Waals surface area contributed by atoms with Crippen LogP contribution in [0.25, 0.3) is 0 Å². The lowest BCUT2D eigenvalue weighted by Crippen LogP contribution is -2.43. The fourth-order valence-corrected chi connectivity index (χ4v) is 2.75. The first-order valence-electron chi connectivity index (χ1n) is 7.33. The molecule has 1 heterocycles. The van der Waals surface area contributed by atoms with Gasteiger partial charge in [-0.1, -0.05) is 19.1 Å². The van der Waals surface area contributed by atoms with Crippen molar-refractivity contribution in [3.63, 3.8) is 0 Å². The molecule has 116 valence electrons. The number of benzene rings is 1. The van der Waals surface area contributed by atoms with Crippen molar-refractivity contribution in [2.75, 3.05) is 26.9 Å². The molecule has 2 atom stereocenters. The molecule has 0 bridgehead atoms. The molecule has 1 aliphatic heterocycles. The standard InChI is InChI=1S/C16H23NO4/c1-3-8-17(15-11-21-10-14(15)16(18)19)9-12-4-6-13(20-2)7-5-12/h4-7,14-15H,3,8-11H2,1-2H3,(H,18,19). The van der Waals surface area contributed by atoms with E-state index in [-0.39, 0.29) is 6.04 Å². The molecule has 2 rings (SSSR count). The lowest BCUT2D eigenvalue weighted by atomic mass is 10.0. The van der Waals surface area contributed by atoms with Crippen LogP contribution in [0.4, 0.5) is 0 Å². The van der Waals surface area contributed by atoms with Gasteiger partial charge in [0.2, 0.25) is 0 Å². The number of hydrogen-bond donors (Lipinski definition) is 1. The number of nitrogens with zero attached hydrogens (tertiary/aromatic N) is 1. The zero-order valence-electron chi connectivity index (χ0n) is 12.6. The Kier molecular flexibility index (Phi) is 5.59. The third-order valence-corrected chi connectivity index (χ3v) is 3.89. The molecule has 1 aromatic carbocycles. The molecule has 0 saturated carbocycles. The van der Waals surface area contributed by atoms with Crippen LogP contribution in [0.15, 0.2) is 24.3 Å². The highest BCUT2D eigenvalue weighted by Crippen LogP contribution is 2.23. The molecule has 0 aromatic heterocycles. The van der Waals surface area contributed by atoms with E-state index in [4.69, 9.17) is 9.47 Å². The average Bonchev–Trinajstić information content (AvgIpc) is 2.97. The Hall–Kier alpha value is -1.59. The second-order valence-corrected chi connectivity index (χ2v) is 5.37. The molecule has 0 aliphatic carbocycles. The smallest absolute Gasteiger partial charge is 0.310 e. The monoisotopic (exact) mass is 293 g/mol. The molecule has 2 unspecified atom stereocenters. The van der Waals surface area contributed by atoms with Crippen molar-refractivity contribution in [1.29, 1.82) is 0 Å². The molecule has 1 N–H and O–H groups in total. The maximum absolute atomic E-state index is 11.3. The van der Waals surface area contributed by atoms with Crippen molar-refractivity contribution in [2.24, 2.45) is 5.92 Å². The van der Waals surface area contributed by atoms with Crippen LogP contribution in [0, 0.1) is 5.92 Å². The Morgan fingerprint density at radius 3 is 2.67 bits per heavy atom. The van der Waals surface area contributed by atoms with Gasteiger partial charge in [-0.2, -0.15) is 0 Å². The van der Waals surface area contributed by atoms with E-state index in [1.54, 1.807) is 7.11 Å². The van der Waals surface area contributed by atoms with Gasteiger partial charge in [-0.05, 0) is 30.7 Å². The molecule has 1 aromatic rings. The van der Waals surface area contributed by atoms with Crippen LogP contribution in [-0.4, -0.2) is 48.9 Å². The van der Waals surface area contributed by atoms with Crippen LogP contribution in [0.2, 0.25) is 0 Å². The third-order valence-electron chi connectivity index (χ3n) is 3.89. The van der Waals surface area contributed by atoms with Crippen LogP contribution >= 0.6 is 0 Å². The first kappa shape index (κ1) is 15.8. The molecule has 5 heteroatoms. The predicted molar refractivity (Wildman–Crippen MR) is 79.4 cm³/mol. The van der Waals surface area contributed by atoms with Crippen molar-refractivity contribution >= 4 is 5.97 Å². The summed E-state index contributed by atoms with van der Waals surface area (Å²) in [6.07, 6.45) is 0.985. The summed E-state index contributed by atoms with van der Waals surface area (Å²) >= 11 is 0. The van der Waals surface area contributed by atoms with Gasteiger partial charge < -0.3 is 14.6 Å².